The molecule has 0 saturated heterocycles. The first-order valence-corrected chi connectivity index (χ1v) is 9.45. The topological polar surface area (TPSA) is 66.3 Å². The fourth-order valence-corrected chi connectivity index (χ4v) is 3.29. The minimum absolute atomic E-state index is 0.0194. The third-order valence-electron chi connectivity index (χ3n) is 4.77. The van der Waals surface area contributed by atoms with Crippen LogP contribution < -0.4 is 10.2 Å². The lowest BCUT2D eigenvalue weighted by atomic mass is 9.90. The highest BCUT2D eigenvalue weighted by molar-refractivity contribution is 6.03. The second kappa shape index (κ2) is 8.83. The molecule has 2 aliphatic rings. The highest BCUT2D eigenvalue weighted by atomic mass is 16.5. The van der Waals surface area contributed by atoms with E-state index >= 15 is 0 Å². The summed E-state index contributed by atoms with van der Waals surface area (Å²) in [7, 11) is 0. The Morgan fingerprint density at radius 3 is 2.65 bits per heavy atom. The Labute approximate surface area is 155 Å². The second-order valence-electron chi connectivity index (χ2n) is 7.25. The van der Waals surface area contributed by atoms with Gasteiger partial charge in [-0.3, -0.25) is 9.69 Å². The van der Waals surface area contributed by atoms with Gasteiger partial charge in [0.05, 0.1) is 13.2 Å². The van der Waals surface area contributed by atoms with Crippen molar-refractivity contribution < 1.29 is 9.53 Å². The zero-order chi connectivity index (χ0) is 18.4. The maximum absolute atomic E-state index is 12.1. The molecule has 1 heterocycles. The zero-order valence-electron chi connectivity index (χ0n) is 15.7. The molecular formula is C20H28N4O2. The standard InChI is InChI=1S/C20H28N4O2/c1-15(2)22-23-20-21-12-19(25)24(20)13-16-8-10-18(11-9-16)26-14-17-6-4-3-5-7-17/h8-11,17H,3-7,12-14H2,1-2H3,(H,21,23). The largest absolute Gasteiger partial charge is 0.493 e. The fraction of sp³-hybridized carbons (Fsp3) is 0.550. The first kappa shape index (κ1) is 18.4. The molecule has 6 heteroatoms. The first-order valence-electron chi connectivity index (χ1n) is 9.45. The van der Waals surface area contributed by atoms with Crippen LogP contribution >= 0.6 is 0 Å². The average Bonchev–Trinajstić information content (AvgIpc) is 3.00. The molecule has 0 spiro atoms. The number of nitrogens with one attached hydrogen (secondary N) is 1. The SMILES string of the molecule is CC(C)=NNC1=NCC(=O)N1Cc1ccc(OCC2CCCCC2)cc1. The Morgan fingerprint density at radius 2 is 1.96 bits per heavy atom. The van der Waals surface area contributed by atoms with Gasteiger partial charge in [-0.2, -0.15) is 5.10 Å². The zero-order valence-corrected chi connectivity index (χ0v) is 15.7. The van der Waals surface area contributed by atoms with E-state index < -0.39 is 0 Å². The number of hydrogen-bond donors (Lipinski definition) is 1. The number of ether oxygens (including phenoxy) is 1. The van der Waals surface area contributed by atoms with Crippen LogP contribution in [0.2, 0.25) is 0 Å². The summed E-state index contributed by atoms with van der Waals surface area (Å²) in [5.41, 5.74) is 4.79. The third-order valence-corrected chi connectivity index (χ3v) is 4.77. The number of guanidine groups is 1. The van der Waals surface area contributed by atoms with E-state index in [9.17, 15) is 4.79 Å². The van der Waals surface area contributed by atoms with Crippen LogP contribution in [0.1, 0.15) is 51.5 Å². The molecule has 3 rings (SSSR count). The minimum Gasteiger partial charge on any atom is -0.493 e. The lowest BCUT2D eigenvalue weighted by molar-refractivity contribution is -0.125. The van der Waals surface area contributed by atoms with E-state index in [1.54, 1.807) is 4.90 Å². The van der Waals surface area contributed by atoms with Crippen LogP contribution in [0.15, 0.2) is 34.4 Å². The van der Waals surface area contributed by atoms with E-state index in [1.165, 1.54) is 32.1 Å². The van der Waals surface area contributed by atoms with E-state index in [2.05, 4.69) is 15.5 Å². The van der Waals surface area contributed by atoms with Gasteiger partial charge in [-0.05, 0) is 50.3 Å². The van der Waals surface area contributed by atoms with Gasteiger partial charge >= 0.3 is 0 Å². The molecule has 1 N–H and O–H groups in total. The fourth-order valence-electron chi connectivity index (χ4n) is 3.29. The van der Waals surface area contributed by atoms with Crippen LogP contribution in [0.5, 0.6) is 5.75 Å². The van der Waals surface area contributed by atoms with Gasteiger partial charge in [-0.1, -0.05) is 31.4 Å². The predicted octanol–water partition coefficient (Wildman–Crippen LogP) is 3.33. The van der Waals surface area contributed by atoms with Gasteiger partial charge in [-0.15, -0.1) is 0 Å². The predicted molar refractivity (Wildman–Crippen MR) is 103 cm³/mol. The van der Waals surface area contributed by atoms with Crippen molar-refractivity contribution in [3.05, 3.63) is 29.8 Å². The van der Waals surface area contributed by atoms with Crippen molar-refractivity contribution in [2.24, 2.45) is 16.0 Å². The highest BCUT2D eigenvalue weighted by Crippen LogP contribution is 2.25. The molecule has 0 aromatic heterocycles. The summed E-state index contributed by atoms with van der Waals surface area (Å²) in [6, 6.07) is 7.98. The number of nitrogens with zero attached hydrogens (tertiary/aromatic N) is 3. The smallest absolute Gasteiger partial charge is 0.251 e. The first-order chi connectivity index (χ1) is 12.6. The number of carbonyl (C=O) groups is 1. The van der Waals surface area contributed by atoms with Gasteiger partial charge in [0.2, 0.25) is 5.96 Å². The summed E-state index contributed by atoms with van der Waals surface area (Å²) in [4.78, 5) is 17.9. The molecule has 140 valence electrons. The molecule has 6 nitrogen and oxygen atoms in total. The summed E-state index contributed by atoms with van der Waals surface area (Å²) in [5, 5.41) is 4.14. The summed E-state index contributed by atoms with van der Waals surface area (Å²) in [6.45, 7) is 5.23. The van der Waals surface area contributed by atoms with Crippen molar-refractivity contribution in [1.82, 2.24) is 10.3 Å². The average molecular weight is 356 g/mol. The Balaban J connectivity index is 1.53. The van der Waals surface area contributed by atoms with Gasteiger partial charge in [0.25, 0.3) is 5.91 Å². The Hall–Kier alpha value is -2.37. The summed E-state index contributed by atoms with van der Waals surface area (Å²) in [5.74, 6) is 2.08. The molecule has 1 aliphatic carbocycles. The lowest BCUT2D eigenvalue weighted by Gasteiger charge is -2.22. The van der Waals surface area contributed by atoms with E-state index in [0.717, 1.165) is 23.6 Å². The van der Waals surface area contributed by atoms with Gasteiger partial charge in [0.15, 0.2) is 0 Å². The molecule has 1 aromatic carbocycles. The molecule has 0 bridgehead atoms. The third kappa shape index (κ3) is 5.07. The molecule has 1 fully saturated rings. The van der Waals surface area contributed by atoms with Crippen molar-refractivity contribution in [2.45, 2.75) is 52.5 Å². The second-order valence-corrected chi connectivity index (χ2v) is 7.25. The van der Waals surface area contributed by atoms with E-state index in [4.69, 9.17) is 4.74 Å². The van der Waals surface area contributed by atoms with Crippen molar-refractivity contribution in [3.63, 3.8) is 0 Å². The van der Waals surface area contributed by atoms with Crippen molar-refractivity contribution in [2.75, 3.05) is 13.2 Å². The van der Waals surface area contributed by atoms with Gasteiger partial charge in [-0.25, -0.2) is 10.4 Å². The number of amides is 1. The maximum atomic E-state index is 12.1. The van der Waals surface area contributed by atoms with Crippen LogP contribution in [0.3, 0.4) is 0 Å². The number of aliphatic imine (C=N–C) groups is 1. The number of benzene rings is 1. The van der Waals surface area contributed by atoms with Gasteiger partial charge in [0, 0.05) is 5.71 Å². The van der Waals surface area contributed by atoms with Crippen LogP contribution in [0.4, 0.5) is 0 Å². The normalized spacial score (nSPS) is 17.8. The van der Waals surface area contributed by atoms with Gasteiger partial charge < -0.3 is 4.74 Å². The van der Waals surface area contributed by atoms with Crippen molar-refractivity contribution in [1.29, 1.82) is 0 Å². The van der Waals surface area contributed by atoms with Crippen molar-refractivity contribution in [3.8, 4) is 5.75 Å². The summed E-state index contributed by atoms with van der Waals surface area (Å²) >= 11 is 0. The van der Waals surface area contributed by atoms with Crippen molar-refractivity contribution >= 4 is 17.6 Å². The van der Waals surface area contributed by atoms with Gasteiger partial charge in [0.1, 0.15) is 12.3 Å². The lowest BCUT2D eigenvalue weighted by Crippen LogP contribution is -2.38. The van der Waals surface area contributed by atoms with E-state index in [-0.39, 0.29) is 12.5 Å². The molecular weight excluding hydrogens is 328 g/mol. The molecule has 0 radical (unpaired) electrons. The Bertz CT molecular complexity index is 672. The molecule has 1 aliphatic heterocycles. The molecule has 1 saturated carbocycles. The summed E-state index contributed by atoms with van der Waals surface area (Å²) < 4.78 is 5.94. The maximum Gasteiger partial charge on any atom is 0.251 e. The van der Waals surface area contributed by atoms with Crippen LogP contribution in [0, 0.1) is 5.92 Å². The van der Waals surface area contributed by atoms with E-state index in [1.807, 2.05) is 38.1 Å². The molecule has 0 atom stereocenters. The number of rotatable bonds is 6. The molecule has 1 aromatic rings. The summed E-state index contributed by atoms with van der Waals surface area (Å²) in [6.07, 6.45) is 6.59. The quantitative estimate of drug-likeness (QED) is 0.628. The molecule has 0 unspecified atom stereocenters. The van der Waals surface area contributed by atoms with Crippen LogP contribution in [-0.4, -0.2) is 35.6 Å². The Morgan fingerprint density at radius 1 is 1.23 bits per heavy atom. The highest BCUT2D eigenvalue weighted by Gasteiger charge is 2.25. The monoisotopic (exact) mass is 356 g/mol. The Kier molecular flexibility index (Phi) is 6.26. The van der Waals surface area contributed by atoms with Crippen LogP contribution in [0.25, 0.3) is 0 Å². The number of hydrazone groups is 1. The number of hydrogen-bond acceptors (Lipinski definition) is 5. The molecule has 26 heavy (non-hydrogen) atoms. The van der Waals surface area contributed by atoms with E-state index in [0.29, 0.717) is 18.4 Å². The minimum atomic E-state index is -0.0194. The number of carbonyl (C=O) groups excluding carboxylic acids is 1. The van der Waals surface area contributed by atoms with Crippen LogP contribution in [-0.2, 0) is 11.3 Å². The molecule has 1 amide bonds.